The summed E-state index contributed by atoms with van der Waals surface area (Å²) in [5.74, 6) is -1.53. The van der Waals surface area contributed by atoms with E-state index >= 15 is 0 Å². The third-order valence-corrected chi connectivity index (χ3v) is 3.01. The summed E-state index contributed by atoms with van der Waals surface area (Å²) in [5.41, 5.74) is 0. The summed E-state index contributed by atoms with van der Waals surface area (Å²) in [4.78, 5) is 0. The lowest BCUT2D eigenvalue weighted by molar-refractivity contribution is 0.191. The Kier molecular flexibility index (Phi) is 3.24. The lowest BCUT2D eigenvalue weighted by Gasteiger charge is -2.14. The van der Waals surface area contributed by atoms with Crippen LogP contribution in [-0.2, 0) is 0 Å². The van der Waals surface area contributed by atoms with E-state index in [1.54, 1.807) is 0 Å². The fourth-order valence-electron chi connectivity index (χ4n) is 1.81. The van der Waals surface area contributed by atoms with Gasteiger partial charge < -0.3 is 4.74 Å². The molecule has 0 unspecified atom stereocenters. The lowest BCUT2D eigenvalue weighted by Crippen LogP contribution is -2.13. The molecule has 4 heteroatoms. The van der Waals surface area contributed by atoms with E-state index < -0.39 is 11.6 Å². The summed E-state index contributed by atoms with van der Waals surface area (Å²) in [7, 11) is 0. The molecule has 0 radical (unpaired) electrons. The van der Waals surface area contributed by atoms with Crippen LogP contribution in [0.25, 0.3) is 0 Å². The molecule has 0 atom stereocenters. The molecule has 0 N–H and O–H groups in total. The second-order valence-electron chi connectivity index (χ2n) is 3.72. The normalized spacial score (nSPS) is 17.0. The van der Waals surface area contributed by atoms with Gasteiger partial charge in [-0.05, 0) is 37.8 Å². The highest BCUT2D eigenvalue weighted by Gasteiger charge is 2.20. The highest BCUT2D eigenvalue weighted by molar-refractivity contribution is 9.10. The van der Waals surface area contributed by atoms with Crippen LogP contribution in [0.15, 0.2) is 16.6 Å². The summed E-state index contributed by atoms with van der Waals surface area (Å²) >= 11 is 3.02. The Labute approximate surface area is 95.6 Å². The third kappa shape index (κ3) is 2.48. The Morgan fingerprint density at radius 2 is 1.67 bits per heavy atom. The zero-order chi connectivity index (χ0) is 10.8. The van der Waals surface area contributed by atoms with Gasteiger partial charge in [0, 0.05) is 4.47 Å². The Hall–Kier alpha value is -0.640. The topological polar surface area (TPSA) is 9.23 Å². The zero-order valence-corrected chi connectivity index (χ0v) is 9.69. The minimum absolute atomic E-state index is 0.0322. The first-order valence-corrected chi connectivity index (χ1v) is 5.77. The minimum Gasteiger partial charge on any atom is -0.484 e. The lowest BCUT2D eigenvalue weighted by atomic mass is 10.3. The van der Waals surface area contributed by atoms with Crippen LogP contribution in [0.4, 0.5) is 8.78 Å². The van der Waals surface area contributed by atoms with E-state index in [0.29, 0.717) is 4.47 Å². The molecule has 1 nitrogen and oxygen atoms in total. The predicted molar refractivity (Wildman–Crippen MR) is 56.9 cm³/mol. The average Bonchev–Trinajstić information content (AvgIpc) is 2.63. The van der Waals surface area contributed by atoms with Crippen molar-refractivity contribution in [3.05, 3.63) is 28.2 Å². The van der Waals surface area contributed by atoms with Crippen LogP contribution >= 0.6 is 15.9 Å². The first-order chi connectivity index (χ1) is 7.16. The van der Waals surface area contributed by atoms with Crippen molar-refractivity contribution in [3.8, 4) is 5.75 Å². The fraction of sp³-hybridized carbons (Fsp3) is 0.455. The maximum Gasteiger partial charge on any atom is 0.191 e. The van der Waals surface area contributed by atoms with E-state index in [-0.39, 0.29) is 11.9 Å². The predicted octanol–water partition coefficient (Wildman–Crippen LogP) is 4.05. The van der Waals surface area contributed by atoms with Gasteiger partial charge in [0.25, 0.3) is 0 Å². The molecule has 0 saturated heterocycles. The van der Waals surface area contributed by atoms with Crippen LogP contribution in [0, 0.1) is 11.6 Å². The van der Waals surface area contributed by atoms with E-state index in [9.17, 15) is 8.78 Å². The highest BCUT2D eigenvalue weighted by Crippen LogP contribution is 2.30. The fourth-order valence-corrected chi connectivity index (χ4v) is 2.22. The minimum atomic E-state index is -0.645. The van der Waals surface area contributed by atoms with Crippen LogP contribution in [0.3, 0.4) is 0 Å². The molecule has 1 aromatic carbocycles. The monoisotopic (exact) mass is 276 g/mol. The van der Waals surface area contributed by atoms with Crippen molar-refractivity contribution >= 4 is 15.9 Å². The number of rotatable bonds is 2. The molecule has 15 heavy (non-hydrogen) atoms. The molecular weight excluding hydrogens is 266 g/mol. The van der Waals surface area contributed by atoms with Crippen molar-refractivity contribution in [2.24, 2.45) is 0 Å². The van der Waals surface area contributed by atoms with Crippen molar-refractivity contribution in [1.82, 2.24) is 0 Å². The van der Waals surface area contributed by atoms with Crippen LogP contribution in [-0.4, -0.2) is 6.10 Å². The molecule has 1 fully saturated rings. The van der Waals surface area contributed by atoms with Gasteiger partial charge in [0.1, 0.15) is 0 Å². The molecule has 0 amide bonds. The van der Waals surface area contributed by atoms with Crippen molar-refractivity contribution < 1.29 is 13.5 Å². The molecule has 0 heterocycles. The molecule has 82 valence electrons. The van der Waals surface area contributed by atoms with Gasteiger partial charge in [0.15, 0.2) is 17.4 Å². The van der Waals surface area contributed by atoms with Crippen molar-refractivity contribution in [2.75, 3.05) is 0 Å². The van der Waals surface area contributed by atoms with Crippen LogP contribution in [0.5, 0.6) is 5.75 Å². The highest BCUT2D eigenvalue weighted by atomic mass is 79.9. The zero-order valence-electron chi connectivity index (χ0n) is 8.10. The summed E-state index contributed by atoms with van der Waals surface area (Å²) in [6.07, 6.45) is 3.88. The van der Waals surface area contributed by atoms with Crippen LogP contribution in [0.1, 0.15) is 25.7 Å². The molecular formula is C11H11BrF2O. The van der Waals surface area contributed by atoms with Gasteiger partial charge in [-0.3, -0.25) is 0 Å². The maximum absolute atomic E-state index is 13.4. The average molecular weight is 277 g/mol. The summed E-state index contributed by atoms with van der Waals surface area (Å²) in [6.45, 7) is 0. The molecule has 0 spiro atoms. The van der Waals surface area contributed by atoms with Crippen molar-refractivity contribution in [3.63, 3.8) is 0 Å². The molecule has 1 aliphatic carbocycles. The number of halogens is 3. The number of hydrogen-bond donors (Lipinski definition) is 0. The second-order valence-corrected chi connectivity index (χ2v) is 4.64. The van der Waals surface area contributed by atoms with Crippen LogP contribution in [0.2, 0.25) is 0 Å². The van der Waals surface area contributed by atoms with E-state index in [2.05, 4.69) is 15.9 Å². The largest absolute Gasteiger partial charge is 0.484 e. The SMILES string of the molecule is Fc1cc(Br)cc(F)c1OC1CCCC1. The molecule has 0 aromatic heterocycles. The Bertz CT molecular complexity index is 339. The third-order valence-electron chi connectivity index (χ3n) is 2.55. The quantitative estimate of drug-likeness (QED) is 0.792. The molecule has 2 rings (SSSR count). The van der Waals surface area contributed by atoms with Crippen molar-refractivity contribution in [1.29, 1.82) is 0 Å². The van der Waals surface area contributed by atoms with Gasteiger partial charge in [-0.1, -0.05) is 15.9 Å². The number of hydrogen-bond acceptors (Lipinski definition) is 1. The Balaban J connectivity index is 2.19. The summed E-state index contributed by atoms with van der Waals surface area (Å²) in [6, 6.07) is 2.43. The van der Waals surface area contributed by atoms with Gasteiger partial charge in [-0.25, -0.2) is 8.78 Å². The van der Waals surface area contributed by atoms with E-state index in [4.69, 9.17) is 4.74 Å². The standard InChI is InChI=1S/C11H11BrF2O/c12-7-5-9(13)11(10(14)6-7)15-8-3-1-2-4-8/h5-6,8H,1-4H2. The molecule has 1 aliphatic rings. The number of ether oxygens (including phenoxy) is 1. The van der Waals surface area contributed by atoms with E-state index in [0.717, 1.165) is 25.7 Å². The molecule has 1 saturated carbocycles. The van der Waals surface area contributed by atoms with Gasteiger partial charge >= 0.3 is 0 Å². The van der Waals surface area contributed by atoms with Gasteiger partial charge in [-0.2, -0.15) is 0 Å². The Morgan fingerprint density at radius 1 is 1.13 bits per heavy atom. The number of benzene rings is 1. The van der Waals surface area contributed by atoms with E-state index in [1.807, 2.05) is 0 Å². The molecule has 0 aliphatic heterocycles. The molecule has 1 aromatic rings. The summed E-state index contributed by atoms with van der Waals surface area (Å²) < 4.78 is 32.4. The summed E-state index contributed by atoms with van der Waals surface area (Å²) in [5, 5.41) is 0. The first-order valence-electron chi connectivity index (χ1n) is 4.98. The van der Waals surface area contributed by atoms with Gasteiger partial charge in [0.2, 0.25) is 0 Å². The van der Waals surface area contributed by atoms with E-state index in [1.165, 1.54) is 12.1 Å². The maximum atomic E-state index is 13.4. The van der Waals surface area contributed by atoms with Crippen molar-refractivity contribution in [2.45, 2.75) is 31.8 Å². The van der Waals surface area contributed by atoms with Gasteiger partial charge in [-0.15, -0.1) is 0 Å². The second kappa shape index (κ2) is 4.47. The smallest absolute Gasteiger partial charge is 0.191 e. The molecule has 0 bridgehead atoms. The van der Waals surface area contributed by atoms with Gasteiger partial charge in [0.05, 0.1) is 6.10 Å². The van der Waals surface area contributed by atoms with Crippen LogP contribution < -0.4 is 4.74 Å². The Morgan fingerprint density at radius 3 is 2.20 bits per heavy atom. The first kappa shape index (κ1) is 10.9.